The highest BCUT2D eigenvalue weighted by Crippen LogP contribution is 2.31. The minimum atomic E-state index is -0.648. The van der Waals surface area contributed by atoms with Gasteiger partial charge in [0.1, 0.15) is 5.92 Å². The lowest BCUT2D eigenvalue weighted by atomic mass is 9.83. The minimum absolute atomic E-state index is 0.155. The monoisotopic (exact) mass is 295 g/mol. The van der Waals surface area contributed by atoms with Gasteiger partial charge in [0.05, 0.1) is 0 Å². The molecule has 108 valence electrons. The van der Waals surface area contributed by atoms with Crippen molar-refractivity contribution >= 4 is 23.5 Å². The Hall–Kier alpha value is -1.55. The highest BCUT2D eigenvalue weighted by Gasteiger charge is 2.49. The normalized spacial score (nSPS) is 22.6. The van der Waals surface area contributed by atoms with Crippen LogP contribution >= 0.6 is 11.6 Å². The van der Waals surface area contributed by atoms with E-state index >= 15 is 0 Å². The lowest BCUT2D eigenvalue weighted by Crippen LogP contribution is -2.56. The quantitative estimate of drug-likeness (QED) is 0.849. The highest BCUT2D eigenvalue weighted by molar-refractivity contribution is 6.30. The summed E-state index contributed by atoms with van der Waals surface area (Å²) in [6.45, 7) is 4.36. The molecule has 2 unspecified atom stereocenters. The molecule has 1 aliphatic heterocycles. The van der Waals surface area contributed by atoms with Gasteiger partial charge in [0, 0.05) is 11.6 Å². The molecule has 0 saturated carbocycles. The van der Waals surface area contributed by atoms with Crippen molar-refractivity contribution in [3.8, 4) is 0 Å². The summed E-state index contributed by atoms with van der Waals surface area (Å²) >= 11 is 5.80. The molecule has 1 aliphatic rings. The summed E-state index contributed by atoms with van der Waals surface area (Å²) in [6, 6.07) is 7.24. The van der Waals surface area contributed by atoms with Gasteiger partial charge < -0.3 is 10.1 Å². The van der Waals surface area contributed by atoms with E-state index in [1.807, 2.05) is 26.0 Å². The van der Waals surface area contributed by atoms with Gasteiger partial charge in [-0.2, -0.15) is 0 Å². The van der Waals surface area contributed by atoms with Gasteiger partial charge in [-0.15, -0.1) is 0 Å². The predicted octanol–water partition coefficient (Wildman–Crippen LogP) is 2.54. The Kier molecular flexibility index (Phi) is 4.65. The van der Waals surface area contributed by atoms with Crippen molar-refractivity contribution in [1.82, 2.24) is 5.32 Å². The molecule has 0 aromatic heterocycles. The topological polar surface area (TPSA) is 55.4 Å². The third-order valence-corrected chi connectivity index (χ3v) is 3.99. The van der Waals surface area contributed by atoms with Gasteiger partial charge >= 0.3 is 5.97 Å². The van der Waals surface area contributed by atoms with Crippen LogP contribution in [0.5, 0.6) is 0 Å². The second-order valence-electron chi connectivity index (χ2n) is 5.11. The number of hydrogen-bond acceptors (Lipinski definition) is 3. The lowest BCUT2D eigenvalue weighted by Gasteiger charge is -2.37. The van der Waals surface area contributed by atoms with E-state index in [0.29, 0.717) is 11.6 Å². The predicted molar refractivity (Wildman–Crippen MR) is 76.1 cm³/mol. The summed E-state index contributed by atoms with van der Waals surface area (Å²) in [5.41, 5.74) is 0.952. The molecular formula is C15H18ClNO3. The molecule has 20 heavy (non-hydrogen) atoms. The number of nitrogens with one attached hydrogen (secondary N) is 1. The fourth-order valence-corrected chi connectivity index (χ4v) is 2.35. The van der Waals surface area contributed by atoms with Gasteiger partial charge in [0.15, 0.2) is 6.10 Å². The Morgan fingerprint density at radius 1 is 1.40 bits per heavy atom. The average molecular weight is 296 g/mol. The number of carbonyl (C=O) groups excluding carboxylic acids is 2. The average Bonchev–Trinajstić information content (AvgIpc) is 2.43. The molecule has 1 heterocycles. The van der Waals surface area contributed by atoms with Crippen LogP contribution in [0.4, 0.5) is 0 Å². The molecule has 1 aromatic carbocycles. The van der Waals surface area contributed by atoms with Crippen molar-refractivity contribution in [1.29, 1.82) is 0 Å². The fraction of sp³-hybridized carbons (Fsp3) is 0.467. The van der Waals surface area contributed by atoms with Crippen molar-refractivity contribution in [3.63, 3.8) is 0 Å². The maximum atomic E-state index is 12.0. The number of halogens is 1. The Bertz CT molecular complexity index is 500. The molecule has 5 heteroatoms. The Morgan fingerprint density at radius 3 is 2.60 bits per heavy atom. The van der Waals surface area contributed by atoms with Crippen molar-refractivity contribution in [2.45, 2.75) is 32.9 Å². The van der Waals surface area contributed by atoms with Crippen LogP contribution in [0.1, 0.15) is 25.8 Å². The van der Waals surface area contributed by atoms with E-state index < -0.39 is 6.10 Å². The molecule has 1 fully saturated rings. The highest BCUT2D eigenvalue weighted by atomic mass is 35.5. The van der Waals surface area contributed by atoms with Crippen LogP contribution in [0.2, 0.25) is 5.02 Å². The third-order valence-electron chi connectivity index (χ3n) is 3.74. The van der Waals surface area contributed by atoms with Gasteiger partial charge in [-0.25, -0.2) is 0 Å². The van der Waals surface area contributed by atoms with Gasteiger partial charge in [0.2, 0.25) is 0 Å². The van der Waals surface area contributed by atoms with Crippen molar-refractivity contribution in [3.05, 3.63) is 34.9 Å². The molecule has 0 bridgehead atoms. The standard InChI is InChI=1S/C15H18ClNO3/c1-3-9(2)12-13(20-15(12)19)14(18)17-8-10-4-6-11(16)7-5-10/h4-7,9,12-13H,3,8H2,1-2H3,(H,17,18)/t9-,12?,13?/m0/s1. The number of carbonyl (C=O) groups is 2. The van der Waals surface area contributed by atoms with Crippen LogP contribution in [0.15, 0.2) is 24.3 Å². The van der Waals surface area contributed by atoms with Gasteiger partial charge in [0.25, 0.3) is 5.91 Å². The number of rotatable bonds is 5. The second-order valence-corrected chi connectivity index (χ2v) is 5.55. The number of amides is 1. The second kappa shape index (κ2) is 6.27. The zero-order valence-corrected chi connectivity index (χ0v) is 12.3. The first-order valence-electron chi connectivity index (χ1n) is 6.75. The number of esters is 1. The van der Waals surface area contributed by atoms with Crippen molar-refractivity contribution in [2.24, 2.45) is 11.8 Å². The van der Waals surface area contributed by atoms with Crippen LogP contribution < -0.4 is 5.32 Å². The van der Waals surface area contributed by atoms with E-state index in [-0.39, 0.29) is 23.7 Å². The van der Waals surface area contributed by atoms with Crippen LogP contribution in [-0.2, 0) is 20.9 Å². The first-order valence-corrected chi connectivity index (χ1v) is 7.13. The summed E-state index contributed by atoms with van der Waals surface area (Å²) in [5, 5.41) is 3.45. The number of hydrogen-bond donors (Lipinski definition) is 1. The smallest absolute Gasteiger partial charge is 0.314 e. The number of benzene rings is 1. The molecular weight excluding hydrogens is 278 g/mol. The van der Waals surface area contributed by atoms with Crippen LogP contribution in [0.25, 0.3) is 0 Å². The molecule has 2 rings (SSSR count). The summed E-state index contributed by atoms with van der Waals surface area (Å²) in [6.07, 6.45) is 0.200. The Balaban J connectivity index is 1.89. The summed E-state index contributed by atoms with van der Waals surface area (Å²) in [5.74, 6) is -0.663. The van der Waals surface area contributed by atoms with E-state index in [1.165, 1.54) is 0 Å². The van der Waals surface area contributed by atoms with E-state index in [9.17, 15) is 9.59 Å². The molecule has 3 atom stereocenters. The van der Waals surface area contributed by atoms with Gasteiger partial charge in [-0.05, 0) is 23.6 Å². The first-order chi connectivity index (χ1) is 9.52. The lowest BCUT2D eigenvalue weighted by molar-refractivity contribution is -0.193. The minimum Gasteiger partial charge on any atom is -0.451 e. The SMILES string of the molecule is CC[C@H](C)C1C(=O)OC1C(=O)NCc1ccc(Cl)cc1. The molecule has 1 N–H and O–H groups in total. The summed E-state index contributed by atoms with van der Waals surface area (Å²) in [4.78, 5) is 23.5. The first kappa shape index (κ1) is 14.9. The maximum absolute atomic E-state index is 12.0. The zero-order chi connectivity index (χ0) is 14.7. The van der Waals surface area contributed by atoms with Crippen LogP contribution in [0.3, 0.4) is 0 Å². The van der Waals surface area contributed by atoms with Crippen molar-refractivity contribution < 1.29 is 14.3 Å². The Morgan fingerprint density at radius 2 is 2.05 bits per heavy atom. The molecule has 0 spiro atoms. The van der Waals surface area contributed by atoms with Gasteiger partial charge in [-0.1, -0.05) is 44.0 Å². The van der Waals surface area contributed by atoms with E-state index in [0.717, 1.165) is 12.0 Å². The number of ether oxygens (including phenoxy) is 1. The molecule has 1 saturated heterocycles. The molecule has 0 aliphatic carbocycles. The molecule has 4 nitrogen and oxygen atoms in total. The van der Waals surface area contributed by atoms with E-state index in [1.54, 1.807) is 12.1 Å². The molecule has 1 aromatic rings. The molecule has 0 radical (unpaired) electrons. The third kappa shape index (κ3) is 3.12. The summed E-state index contributed by atoms with van der Waals surface area (Å²) in [7, 11) is 0. The largest absolute Gasteiger partial charge is 0.451 e. The summed E-state index contributed by atoms with van der Waals surface area (Å²) < 4.78 is 4.97. The molecule has 1 amide bonds. The van der Waals surface area contributed by atoms with Crippen molar-refractivity contribution in [2.75, 3.05) is 0 Å². The van der Waals surface area contributed by atoms with Crippen LogP contribution in [0, 0.1) is 11.8 Å². The zero-order valence-electron chi connectivity index (χ0n) is 11.6. The van der Waals surface area contributed by atoms with Crippen LogP contribution in [-0.4, -0.2) is 18.0 Å². The maximum Gasteiger partial charge on any atom is 0.314 e. The fourth-order valence-electron chi connectivity index (χ4n) is 2.22. The van der Waals surface area contributed by atoms with Gasteiger partial charge in [-0.3, -0.25) is 9.59 Å². The van der Waals surface area contributed by atoms with E-state index in [2.05, 4.69) is 5.32 Å². The van der Waals surface area contributed by atoms with E-state index in [4.69, 9.17) is 16.3 Å². The number of cyclic esters (lactones) is 1. The Labute approximate surface area is 123 Å².